The molecular weight excluding hydrogens is 412 g/mol. The Morgan fingerprint density at radius 2 is 1.87 bits per heavy atom. The van der Waals surface area contributed by atoms with Crippen LogP contribution in [0.1, 0.15) is 31.0 Å². The molecular formula is C24H22N2O4S. The summed E-state index contributed by atoms with van der Waals surface area (Å²) in [7, 11) is 1.61. The van der Waals surface area contributed by atoms with Gasteiger partial charge in [-0.2, -0.15) is 0 Å². The summed E-state index contributed by atoms with van der Waals surface area (Å²) in [6, 6.07) is 16.5. The fourth-order valence-corrected chi connectivity index (χ4v) is 4.58. The van der Waals surface area contributed by atoms with Gasteiger partial charge in [-0.3, -0.25) is 9.36 Å². The minimum Gasteiger partial charge on any atom is -0.497 e. The lowest BCUT2D eigenvalue weighted by atomic mass is 9.97. The fraction of sp³-hybridized carbons (Fsp3) is 0.208. The summed E-state index contributed by atoms with van der Waals surface area (Å²) in [4.78, 5) is 31.3. The zero-order valence-electron chi connectivity index (χ0n) is 17.5. The number of nitrogens with zero attached hydrogens (tertiary/aromatic N) is 2. The normalized spacial score (nSPS) is 16.0. The van der Waals surface area contributed by atoms with Crippen molar-refractivity contribution >= 4 is 29.1 Å². The SMILES string of the molecule is CCOC(=O)C1=C(C)n2c(s/c(=C\c3ccc(OC)cc3)c2=O)=N[C@@H]1c1ccccc1. The highest BCUT2D eigenvalue weighted by Gasteiger charge is 2.31. The number of rotatable bonds is 5. The third kappa shape index (κ3) is 3.96. The average Bonchev–Trinajstić information content (AvgIpc) is 3.10. The van der Waals surface area contributed by atoms with E-state index in [1.54, 1.807) is 21.0 Å². The van der Waals surface area contributed by atoms with Crippen molar-refractivity contribution < 1.29 is 14.3 Å². The number of hydrogen-bond donors (Lipinski definition) is 0. The van der Waals surface area contributed by atoms with Crippen molar-refractivity contribution in [2.45, 2.75) is 19.9 Å². The molecule has 0 aliphatic carbocycles. The number of benzene rings is 2. The molecule has 4 rings (SSSR count). The van der Waals surface area contributed by atoms with Gasteiger partial charge in [0.05, 0.1) is 23.8 Å². The second-order valence-corrected chi connectivity index (χ2v) is 7.98. The second kappa shape index (κ2) is 8.73. The lowest BCUT2D eigenvalue weighted by molar-refractivity contribution is -0.138. The molecule has 0 unspecified atom stereocenters. The Kier molecular flexibility index (Phi) is 5.86. The molecule has 1 aliphatic heterocycles. The van der Waals surface area contributed by atoms with Gasteiger partial charge in [0, 0.05) is 5.70 Å². The van der Waals surface area contributed by atoms with E-state index in [1.807, 2.05) is 60.7 Å². The van der Waals surface area contributed by atoms with Gasteiger partial charge in [-0.1, -0.05) is 53.8 Å². The van der Waals surface area contributed by atoms with E-state index in [0.717, 1.165) is 16.9 Å². The van der Waals surface area contributed by atoms with Gasteiger partial charge in [0.1, 0.15) is 11.8 Å². The molecule has 0 N–H and O–H groups in total. The van der Waals surface area contributed by atoms with E-state index >= 15 is 0 Å². The number of ether oxygens (including phenoxy) is 2. The third-order valence-electron chi connectivity index (χ3n) is 5.07. The van der Waals surface area contributed by atoms with Crippen LogP contribution in [0, 0.1) is 0 Å². The Bertz CT molecular complexity index is 1320. The minimum absolute atomic E-state index is 0.203. The standard InChI is InChI=1S/C24H22N2O4S/c1-4-30-23(28)20-15(2)26-22(27)19(14-16-10-12-18(29-3)13-11-16)31-24(26)25-21(20)17-8-6-5-7-9-17/h5-14,21H,4H2,1-3H3/b19-14-/t21-/m1/s1. The summed E-state index contributed by atoms with van der Waals surface area (Å²) < 4.78 is 12.5. The maximum atomic E-state index is 13.2. The Labute approximate surface area is 183 Å². The van der Waals surface area contributed by atoms with Crippen LogP contribution in [0.2, 0.25) is 0 Å². The number of carbonyl (C=O) groups excluding carboxylic acids is 1. The first-order chi connectivity index (χ1) is 15.0. The van der Waals surface area contributed by atoms with Crippen molar-refractivity contribution in [1.29, 1.82) is 0 Å². The number of carbonyl (C=O) groups is 1. The molecule has 1 aromatic heterocycles. The fourth-order valence-electron chi connectivity index (χ4n) is 3.55. The Hall–Kier alpha value is -3.45. The van der Waals surface area contributed by atoms with Crippen molar-refractivity contribution in [3.63, 3.8) is 0 Å². The van der Waals surface area contributed by atoms with Crippen molar-refractivity contribution in [2.24, 2.45) is 4.99 Å². The smallest absolute Gasteiger partial charge is 0.338 e. The zero-order valence-corrected chi connectivity index (χ0v) is 18.3. The molecule has 6 nitrogen and oxygen atoms in total. The monoisotopic (exact) mass is 434 g/mol. The second-order valence-electron chi connectivity index (χ2n) is 6.97. The molecule has 0 radical (unpaired) electrons. The molecule has 1 aliphatic rings. The molecule has 1 atom stereocenters. The van der Waals surface area contributed by atoms with E-state index in [0.29, 0.717) is 20.6 Å². The third-order valence-corrected chi connectivity index (χ3v) is 6.05. The number of fused-ring (bicyclic) bond motifs is 1. The zero-order chi connectivity index (χ0) is 22.0. The number of aromatic nitrogens is 1. The highest BCUT2D eigenvalue weighted by molar-refractivity contribution is 7.07. The molecule has 0 bridgehead atoms. The molecule has 158 valence electrons. The predicted molar refractivity (Wildman–Crippen MR) is 121 cm³/mol. The number of thiazole rings is 1. The van der Waals surface area contributed by atoms with Gasteiger partial charge >= 0.3 is 5.97 Å². The number of hydrogen-bond acceptors (Lipinski definition) is 6. The Morgan fingerprint density at radius 1 is 1.16 bits per heavy atom. The maximum absolute atomic E-state index is 13.2. The molecule has 2 heterocycles. The van der Waals surface area contributed by atoms with E-state index in [2.05, 4.69) is 0 Å². The number of esters is 1. The molecule has 0 saturated heterocycles. The van der Waals surface area contributed by atoms with Crippen LogP contribution < -0.4 is 19.6 Å². The van der Waals surface area contributed by atoms with Gasteiger partial charge in [0.25, 0.3) is 5.56 Å². The largest absolute Gasteiger partial charge is 0.497 e. The number of allylic oxidation sites excluding steroid dienone is 1. The van der Waals surface area contributed by atoms with E-state index in [1.165, 1.54) is 15.9 Å². The van der Waals surface area contributed by atoms with Gasteiger partial charge in [0.2, 0.25) is 0 Å². The first-order valence-electron chi connectivity index (χ1n) is 9.92. The summed E-state index contributed by atoms with van der Waals surface area (Å²) in [5, 5.41) is 0. The number of methoxy groups -OCH3 is 1. The quantitative estimate of drug-likeness (QED) is 0.579. The molecule has 3 aromatic rings. The molecule has 2 aromatic carbocycles. The van der Waals surface area contributed by atoms with Gasteiger partial charge < -0.3 is 9.47 Å². The van der Waals surface area contributed by atoms with Crippen molar-refractivity contribution in [3.05, 3.63) is 91.0 Å². The van der Waals surface area contributed by atoms with Crippen LogP contribution in [-0.2, 0) is 9.53 Å². The summed E-state index contributed by atoms with van der Waals surface area (Å²) in [6.07, 6.45) is 1.82. The molecule has 0 fully saturated rings. The predicted octanol–water partition coefficient (Wildman–Crippen LogP) is 2.92. The van der Waals surface area contributed by atoms with Gasteiger partial charge in [-0.05, 0) is 43.2 Å². The van der Waals surface area contributed by atoms with Crippen LogP contribution in [0.3, 0.4) is 0 Å². The molecule has 0 spiro atoms. The van der Waals surface area contributed by atoms with E-state index in [-0.39, 0.29) is 12.2 Å². The summed E-state index contributed by atoms with van der Waals surface area (Å²) >= 11 is 1.31. The lowest BCUT2D eigenvalue weighted by Gasteiger charge is -2.22. The highest BCUT2D eigenvalue weighted by atomic mass is 32.1. The summed E-state index contributed by atoms with van der Waals surface area (Å²) in [5.74, 6) is 0.292. The van der Waals surface area contributed by atoms with Crippen LogP contribution >= 0.6 is 11.3 Å². The Morgan fingerprint density at radius 3 is 2.52 bits per heavy atom. The molecule has 0 amide bonds. The molecule has 7 heteroatoms. The minimum atomic E-state index is -0.521. The Balaban J connectivity index is 1.91. The maximum Gasteiger partial charge on any atom is 0.338 e. The van der Waals surface area contributed by atoms with Gasteiger partial charge in [-0.25, -0.2) is 9.79 Å². The van der Waals surface area contributed by atoms with Crippen molar-refractivity contribution in [1.82, 2.24) is 4.57 Å². The first-order valence-corrected chi connectivity index (χ1v) is 10.7. The van der Waals surface area contributed by atoms with E-state index < -0.39 is 12.0 Å². The summed E-state index contributed by atoms with van der Waals surface area (Å²) in [6.45, 7) is 3.78. The van der Waals surface area contributed by atoms with Crippen LogP contribution in [0.5, 0.6) is 5.75 Å². The van der Waals surface area contributed by atoms with Crippen LogP contribution in [0.15, 0.2) is 70.0 Å². The molecule has 31 heavy (non-hydrogen) atoms. The van der Waals surface area contributed by atoms with Crippen LogP contribution in [-0.4, -0.2) is 24.3 Å². The van der Waals surface area contributed by atoms with Crippen molar-refractivity contribution in [2.75, 3.05) is 13.7 Å². The van der Waals surface area contributed by atoms with E-state index in [9.17, 15) is 9.59 Å². The van der Waals surface area contributed by atoms with E-state index in [4.69, 9.17) is 14.5 Å². The van der Waals surface area contributed by atoms with Crippen molar-refractivity contribution in [3.8, 4) is 5.75 Å². The molecule has 0 saturated carbocycles. The first kappa shape index (κ1) is 20.8. The summed E-state index contributed by atoms with van der Waals surface area (Å²) in [5.41, 5.74) is 2.48. The topological polar surface area (TPSA) is 69.9 Å². The average molecular weight is 435 g/mol. The van der Waals surface area contributed by atoms with Gasteiger partial charge in [0.15, 0.2) is 4.80 Å². The van der Waals surface area contributed by atoms with Crippen LogP contribution in [0.25, 0.3) is 11.8 Å². The van der Waals surface area contributed by atoms with Gasteiger partial charge in [-0.15, -0.1) is 0 Å². The van der Waals surface area contributed by atoms with Crippen LogP contribution in [0.4, 0.5) is 0 Å². The highest BCUT2D eigenvalue weighted by Crippen LogP contribution is 2.32. The lowest BCUT2D eigenvalue weighted by Crippen LogP contribution is -2.35.